The van der Waals surface area contributed by atoms with E-state index in [1.165, 1.54) is 27.0 Å². The first-order valence-corrected chi connectivity index (χ1v) is 12.6. The molecule has 0 bridgehead atoms. The van der Waals surface area contributed by atoms with Gasteiger partial charge in [0, 0.05) is 0 Å². The lowest BCUT2D eigenvalue weighted by Crippen LogP contribution is -2.51. The van der Waals surface area contributed by atoms with Gasteiger partial charge in [0.25, 0.3) is 0 Å². The lowest BCUT2D eigenvalue weighted by molar-refractivity contribution is -0.227. The quantitative estimate of drug-likeness (QED) is 0.265. The number of alkyl halides is 6. The molecule has 0 radical (unpaired) electrons. The lowest BCUT2D eigenvalue weighted by atomic mass is 10.2. The highest BCUT2D eigenvalue weighted by Crippen LogP contribution is 2.42. The van der Waals surface area contributed by atoms with E-state index in [4.69, 9.17) is 0 Å². The summed E-state index contributed by atoms with van der Waals surface area (Å²) in [5.74, 6) is -6.19. The Morgan fingerprint density at radius 2 is 1.06 bits per heavy atom. The fraction of sp³-hybridized carbons (Fsp3) is 0.217. The molecule has 0 atom stereocenters. The molecule has 0 saturated carbocycles. The van der Waals surface area contributed by atoms with Crippen LogP contribution in [0.4, 0.5) is 26.3 Å². The summed E-state index contributed by atoms with van der Waals surface area (Å²) in [6, 6.07) is 28.9. The first-order valence-electron chi connectivity index (χ1n) is 9.74. The van der Waals surface area contributed by atoms with Crippen LogP contribution in [0.25, 0.3) is 0 Å². The van der Waals surface area contributed by atoms with Crippen molar-refractivity contribution in [2.24, 2.45) is 0 Å². The third-order valence-electron chi connectivity index (χ3n) is 4.72. The van der Waals surface area contributed by atoms with Gasteiger partial charge in [-0.3, -0.25) is 0 Å². The summed E-state index contributed by atoms with van der Waals surface area (Å²) in [5, 5.41) is -1.98. The lowest BCUT2D eigenvalue weighted by Gasteiger charge is -2.27. The van der Waals surface area contributed by atoms with E-state index in [0.717, 1.165) is 0 Å². The molecule has 0 amide bonds. The van der Waals surface area contributed by atoms with E-state index in [9.17, 15) is 39.3 Å². The molecule has 184 valence electrons. The molecular formula is C23H21F6O3PS. The van der Waals surface area contributed by atoms with Crippen molar-refractivity contribution in [3.05, 3.63) is 90.0 Å². The molecule has 11 heteroatoms. The molecule has 3 rings (SSSR count). The first-order chi connectivity index (χ1) is 15.7. The standard InChI is InChI=1S/C20H19P.C3H2F6O3S/c1-16-8-12-19(13-9-16)21(18-6-4-3-5-7-18)20-14-10-17(2)11-15-20;4-1(5)2(6,7)3(8,9)13(10,11)12/h3-15H,1-2H3;1H,(H,10,11,12). The molecule has 0 N–H and O–H groups in total. The largest absolute Gasteiger partial charge is 0.743 e. The van der Waals surface area contributed by atoms with Crippen LogP contribution in [0, 0.1) is 13.8 Å². The van der Waals surface area contributed by atoms with Gasteiger partial charge in [0.2, 0.25) is 0 Å². The van der Waals surface area contributed by atoms with Gasteiger partial charge in [-0.1, -0.05) is 53.6 Å². The number of aryl methyl sites for hydroxylation is 2. The molecule has 3 nitrogen and oxygen atoms in total. The van der Waals surface area contributed by atoms with Crippen LogP contribution in [0.1, 0.15) is 11.1 Å². The highest BCUT2D eigenvalue weighted by Gasteiger charge is 2.67. The second-order valence-corrected chi connectivity index (χ2v) is 11.3. The highest BCUT2D eigenvalue weighted by molar-refractivity contribution is 7.86. The Labute approximate surface area is 194 Å². The summed E-state index contributed by atoms with van der Waals surface area (Å²) >= 11 is 0. The molecule has 0 spiro atoms. The maximum Gasteiger partial charge on any atom is 0.402 e. The van der Waals surface area contributed by atoms with Crippen LogP contribution in [0.5, 0.6) is 0 Å². The Hall–Kier alpha value is -2.42. The predicted octanol–water partition coefficient (Wildman–Crippen LogP) is 4.82. The van der Waals surface area contributed by atoms with Crippen molar-refractivity contribution in [2.45, 2.75) is 31.5 Å². The maximum atomic E-state index is 11.8. The molecule has 0 aliphatic heterocycles. The summed E-state index contributed by atoms with van der Waals surface area (Å²) in [6.45, 7) is 4.29. The first kappa shape index (κ1) is 27.8. The maximum absolute atomic E-state index is 11.8. The summed E-state index contributed by atoms with van der Waals surface area (Å²) in [7, 11) is -7.73. The minimum Gasteiger partial charge on any atom is -0.743 e. The molecule has 0 heterocycles. The molecule has 0 aliphatic rings. The zero-order valence-electron chi connectivity index (χ0n) is 18.0. The van der Waals surface area contributed by atoms with E-state index < -0.39 is 35.6 Å². The average molecular weight is 522 g/mol. The van der Waals surface area contributed by atoms with Crippen molar-refractivity contribution >= 4 is 34.0 Å². The zero-order chi connectivity index (χ0) is 25.7. The molecular weight excluding hydrogens is 501 g/mol. The molecule has 0 aliphatic carbocycles. The van der Waals surface area contributed by atoms with Crippen LogP contribution >= 0.6 is 7.92 Å². The van der Waals surface area contributed by atoms with Gasteiger partial charge in [-0.25, -0.2) is 17.2 Å². The number of halogens is 6. The van der Waals surface area contributed by atoms with Gasteiger partial charge in [-0.05, 0) is 50.2 Å². The molecule has 0 aromatic heterocycles. The van der Waals surface area contributed by atoms with Crippen molar-refractivity contribution < 1.29 is 39.3 Å². The van der Waals surface area contributed by atoms with E-state index in [1.54, 1.807) is 0 Å². The van der Waals surface area contributed by atoms with E-state index in [1.807, 2.05) is 0 Å². The van der Waals surface area contributed by atoms with Crippen LogP contribution in [-0.2, 0) is 10.1 Å². The smallest absolute Gasteiger partial charge is 0.402 e. The number of hydrogen-bond donors (Lipinski definition) is 0. The Kier molecular flexibility index (Phi) is 8.91. The normalized spacial score (nSPS) is 12.4. The Balaban J connectivity index is 0.000000273. The van der Waals surface area contributed by atoms with Crippen molar-refractivity contribution in [3.8, 4) is 0 Å². The van der Waals surface area contributed by atoms with Gasteiger partial charge in [0.05, 0.1) is 7.92 Å². The average Bonchev–Trinajstić information content (AvgIpc) is 2.77. The SMILES string of the molecule is Cc1ccc([PH+](c2ccccc2)c2ccc(C)cc2)cc1.O=S(=O)([O-])C(F)(F)C(F)(F)C(F)F. The van der Waals surface area contributed by atoms with Crippen molar-refractivity contribution in [1.29, 1.82) is 0 Å². The predicted molar refractivity (Wildman–Crippen MR) is 122 cm³/mol. The fourth-order valence-corrected chi connectivity index (χ4v) is 5.79. The zero-order valence-corrected chi connectivity index (χ0v) is 19.8. The second-order valence-electron chi connectivity index (χ2n) is 7.37. The van der Waals surface area contributed by atoms with E-state index in [0.29, 0.717) is 0 Å². The minimum atomic E-state index is -6.82. The van der Waals surface area contributed by atoms with Gasteiger partial charge in [0.1, 0.15) is 15.9 Å². The third kappa shape index (κ3) is 6.37. The summed E-state index contributed by atoms with van der Waals surface area (Å²) in [4.78, 5) is 0. The molecule has 34 heavy (non-hydrogen) atoms. The van der Waals surface area contributed by atoms with E-state index in [2.05, 4.69) is 92.7 Å². The van der Waals surface area contributed by atoms with Gasteiger partial charge in [-0.15, -0.1) is 0 Å². The van der Waals surface area contributed by atoms with Crippen LogP contribution in [0.3, 0.4) is 0 Å². The van der Waals surface area contributed by atoms with Gasteiger partial charge in [-0.2, -0.15) is 17.6 Å². The van der Waals surface area contributed by atoms with Crippen LogP contribution in [0.2, 0.25) is 0 Å². The summed E-state index contributed by atoms with van der Waals surface area (Å²) < 4.78 is 98.0. The fourth-order valence-electron chi connectivity index (χ4n) is 2.84. The monoisotopic (exact) mass is 522 g/mol. The number of hydrogen-bond acceptors (Lipinski definition) is 3. The van der Waals surface area contributed by atoms with Crippen LogP contribution < -0.4 is 15.9 Å². The van der Waals surface area contributed by atoms with Gasteiger partial charge in [0.15, 0.2) is 10.1 Å². The van der Waals surface area contributed by atoms with Crippen molar-refractivity contribution in [1.82, 2.24) is 0 Å². The van der Waals surface area contributed by atoms with E-state index >= 15 is 0 Å². The van der Waals surface area contributed by atoms with Gasteiger partial charge < -0.3 is 4.55 Å². The minimum absolute atomic E-state index is 0.910. The Bertz CT molecular complexity index is 1120. The number of benzene rings is 3. The van der Waals surface area contributed by atoms with E-state index in [-0.39, 0.29) is 0 Å². The molecule has 0 unspecified atom stereocenters. The molecule has 0 saturated heterocycles. The Morgan fingerprint density at radius 1 is 0.706 bits per heavy atom. The third-order valence-corrected chi connectivity index (χ3v) is 8.35. The van der Waals surface area contributed by atoms with Gasteiger partial charge >= 0.3 is 17.6 Å². The summed E-state index contributed by atoms with van der Waals surface area (Å²) in [5.41, 5.74) is 2.63. The molecule has 3 aromatic rings. The number of rotatable bonds is 6. The molecule has 0 fully saturated rings. The van der Waals surface area contributed by atoms with Crippen LogP contribution in [-0.4, -0.2) is 30.6 Å². The molecule has 3 aromatic carbocycles. The van der Waals surface area contributed by atoms with Crippen LogP contribution in [0.15, 0.2) is 78.9 Å². The topological polar surface area (TPSA) is 57.2 Å². The van der Waals surface area contributed by atoms with Crippen molar-refractivity contribution in [3.63, 3.8) is 0 Å². The van der Waals surface area contributed by atoms with Crippen molar-refractivity contribution in [2.75, 3.05) is 0 Å². The second kappa shape index (κ2) is 10.9. The summed E-state index contributed by atoms with van der Waals surface area (Å²) in [6.07, 6.45) is -4.94. The highest BCUT2D eigenvalue weighted by atomic mass is 32.2. The Morgan fingerprint density at radius 3 is 1.35 bits per heavy atom.